The summed E-state index contributed by atoms with van der Waals surface area (Å²) in [6.07, 6.45) is -0.800. The highest BCUT2D eigenvalue weighted by Crippen LogP contribution is 2.16. The zero-order valence-corrected chi connectivity index (χ0v) is 12.4. The zero-order valence-electron chi connectivity index (χ0n) is 11.6. The van der Waals surface area contributed by atoms with Crippen molar-refractivity contribution in [1.29, 1.82) is 0 Å². The lowest BCUT2D eigenvalue weighted by Crippen LogP contribution is -2.38. The van der Waals surface area contributed by atoms with Gasteiger partial charge in [-0.05, 0) is 39.3 Å². The van der Waals surface area contributed by atoms with Crippen LogP contribution < -0.4 is 4.72 Å². The third-order valence-corrected chi connectivity index (χ3v) is 4.15. The Kier molecular flexibility index (Phi) is 5.08. The summed E-state index contributed by atoms with van der Waals surface area (Å²) in [5, 5.41) is 0. The van der Waals surface area contributed by atoms with Crippen molar-refractivity contribution in [3.05, 3.63) is 29.3 Å². The van der Waals surface area contributed by atoms with E-state index >= 15 is 0 Å². The number of nitrogens with one attached hydrogen (secondary N) is 1. The minimum Gasteiger partial charge on any atom is -0.369 e. The van der Waals surface area contributed by atoms with Gasteiger partial charge in [0.05, 0.1) is 4.90 Å². The summed E-state index contributed by atoms with van der Waals surface area (Å²) in [6, 6.07) is 4.94. The van der Waals surface area contributed by atoms with Crippen molar-refractivity contribution < 1.29 is 17.9 Å². The Morgan fingerprint density at radius 2 is 2.00 bits per heavy atom. The third-order valence-electron chi connectivity index (χ3n) is 2.64. The summed E-state index contributed by atoms with van der Waals surface area (Å²) in [6.45, 7) is 7.16. The van der Waals surface area contributed by atoms with Crippen LogP contribution in [0, 0.1) is 13.8 Å². The van der Waals surface area contributed by atoms with Crippen LogP contribution in [0.25, 0.3) is 0 Å². The number of ether oxygens (including phenoxy) is 1. The number of carbonyl (C=O) groups excluding carboxylic acids is 1. The van der Waals surface area contributed by atoms with Gasteiger partial charge < -0.3 is 4.74 Å². The van der Waals surface area contributed by atoms with Crippen LogP contribution in [0.4, 0.5) is 0 Å². The number of hydrogen-bond donors (Lipinski definition) is 1. The van der Waals surface area contributed by atoms with Crippen molar-refractivity contribution in [2.24, 2.45) is 0 Å². The average molecular weight is 285 g/mol. The van der Waals surface area contributed by atoms with Gasteiger partial charge in [0.25, 0.3) is 15.9 Å². The molecule has 1 amide bonds. The zero-order chi connectivity index (χ0) is 14.6. The molecule has 0 spiro atoms. The summed E-state index contributed by atoms with van der Waals surface area (Å²) < 4.78 is 31.3. The first-order valence-corrected chi connectivity index (χ1v) is 7.51. The van der Waals surface area contributed by atoms with Crippen molar-refractivity contribution in [1.82, 2.24) is 4.72 Å². The summed E-state index contributed by atoms with van der Waals surface area (Å²) in [5.41, 5.74) is 1.56. The fourth-order valence-corrected chi connectivity index (χ4v) is 2.97. The Balaban J connectivity index is 2.96. The van der Waals surface area contributed by atoms with Gasteiger partial charge in [-0.3, -0.25) is 4.79 Å². The quantitative estimate of drug-likeness (QED) is 0.890. The highest BCUT2D eigenvalue weighted by molar-refractivity contribution is 7.90. The number of amides is 1. The topological polar surface area (TPSA) is 72.5 Å². The Labute approximate surface area is 114 Å². The highest BCUT2D eigenvalue weighted by Gasteiger charge is 2.23. The number of carbonyl (C=O) groups is 1. The Hall–Kier alpha value is -1.40. The Bertz CT molecular complexity index is 566. The van der Waals surface area contributed by atoms with Crippen LogP contribution >= 0.6 is 0 Å². The molecule has 1 aromatic carbocycles. The van der Waals surface area contributed by atoms with Crippen molar-refractivity contribution in [2.75, 3.05) is 6.61 Å². The lowest BCUT2D eigenvalue weighted by atomic mass is 10.2. The van der Waals surface area contributed by atoms with Crippen LogP contribution in [0.1, 0.15) is 25.0 Å². The molecule has 0 radical (unpaired) electrons. The average Bonchev–Trinajstić information content (AvgIpc) is 2.27. The van der Waals surface area contributed by atoms with Crippen LogP contribution in [0.5, 0.6) is 0 Å². The number of benzene rings is 1. The molecule has 0 aliphatic heterocycles. The number of hydrogen-bond acceptors (Lipinski definition) is 4. The van der Waals surface area contributed by atoms with Gasteiger partial charge in [0, 0.05) is 6.61 Å². The van der Waals surface area contributed by atoms with Crippen molar-refractivity contribution in [2.45, 2.75) is 38.7 Å². The molecule has 6 heteroatoms. The predicted molar refractivity (Wildman–Crippen MR) is 72.3 cm³/mol. The lowest BCUT2D eigenvalue weighted by molar-refractivity contribution is -0.129. The molecule has 0 aromatic heterocycles. The summed E-state index contributed by atoms with van der Waals surface area (Å²) in [5.74, 6) is -0.665. The van der Waals surface area contributed by atoms with E-state index < -0.39 is 22.0 Å². The van der Waals surface area contributed by atoms with Gasteiger partial charge in [-0.25, -0.2) is 13.1 Å². The van der Waals surface area contributed by atoms with E-state index in [1.807, 2.05) is 11.6 Å². The largest absolute Gasteiger partial charge is 0.369 e. The smallest absolute Gasteiger partial charge is 0.264 e. The fourth-order valence-electron chi connectivity index (χ4n) is 1.70. The van der Waals surface area contributed by atoms with Crippen molar-refractivity contribution >= 4 is 15.9 Å². The van der Waals surface area contributed by atoms with Crippen LogP contribution in [0.15, 0.2) is 23.1 Å². The van der Waals surface area contributed by atoms with Crippen LogP contribution in [-0.2, 0) is 19.6 Å². The second kappa shape index (κ2) is 6.16. The second-order valence-electron chi connectivity index (χ2n) is 4.34. The first-order valence-electron chi connectivity index (χ1n) is 6.03. The first-order chi connectivity index (χ1) is 8.77. The van der Waals surface area contributed by atoms with E-state index in [0.29, 0.717) is 12.2 Å². The molecule has 1 aromatic rings. The molecule has 0 aliphatic rings. The van der Waals surface area contributed by atoms with E-state index in [1.54, 1.807) is 26.0 Å². The lowest BCUT2D eigenvalue weighted by Gasteiger charge is -2.13. The molecule has 0 bridgehead atoms. The molecule has 1 unspecified atom stereocenters. The molecule has 5 nitrogen and oxygen atoms in total. The maximum atomic E-state index is 12.1. The molecule has 0 saturated heterocycles. The molecule has 1 N–H and O–H groups in total. The minimum atomic E-state index is -3.85. The second-order valence-corrected chi connectivity index (χ2v) is 5.99. The van der Waals surface area contributed by atoms with Gasteiger partial charge in [0.15, 0.2) is 0 Å². The number of rotatable bonds is 5. The number of aryl methyl sites for hydroxylation is 2. The van der Waals surface area contributed by atoms with Crippen LogP contribution in [0.3, 0.4) is 0 Å². The van der Waals surface area contributed by atoms with Crippen LogP contribution in [0.2, 0.25) is 0 Å². The molecule has 0 fully saturated rings. The monoisotopic (exact) mass is 285 g/mol. The molecular weight excluding hydrogens is 266 g/mol. The first kappa shape index (κ1) is 15.7. The maximum Gasteiger partial charge on any atom is 0.264 e. The van der Waals surface area contributed by atoms with E-state index in [4.69, 9.17) is 4.74 Å². The van der Waals surface area contributed by atoms with Crippen molar-refractivity contribution in [3.8, 4) is 0 Å². The molecule has 0 saturated carbocycles. The molecule has 1 atom stereocenters. The summed E-state index contributed by atoms with van der Waals surface area (Å²) in [7, 11) is -3.85. The van der Waals surface area contributed by atoms with Gasteiger partial charge in [-0.15, -0.1) is 0 Å². The predicted octanol–water partition coefficient (Wildman–Crippen LogP) is 1.53. The van der Waals surface area contributed by atoms with Crippen molar-refractivity contribution in [3.63, 3.8) is 0 Å². The van der Waals surface area contributed by atoms with E-state index in [0.717, 1.165) is 5.56 Å². The van der Waals surface area contributed by atoms with Gasteiger partial charge in [-0.2, -0.15) is 0 Å². The fraction of sp³-hybridized carbons (Fsp3) is 0.462. The normalized spacial score (nSPS) is 13.1. The van der Waals surface area contributed by atoms with Gasteiger partial charge in [-0.1, -0.05) is 17.7 Å². The van der Waals surface area contributed by atoms with E-state index in [2.05, 4.69) is 0 Å². The van der Waals surface area contributed by atoms with Gasteiger partial charge in [0.1, 0.15) is 6.10 Å². The Morgan fingerprint density at radius 1 is 1.37 bits per heavy atom. The third kappa shape index (κ3) is 4.04. The molecule has 0 heterocycles. The van der Waals surface area contributed by atoms with E-state index in [1.165, 1.54) is 13.0 Å². The number of sulfonamides is 1. The molecule has 0 aliphatic carbocycles. The molecular formula is C13H19NO4S. The van der Waals surface area contributed by atoms with E-state index in [9.17, 15) is 13.2 Å². The standard InChI is InChI=1S/C13H19NO4S/c1-5-18-11(4)13(15)14-19(16,17)12-7-6-9(2)8-10(12)3/h6-8,11H,5H2,1-4H3,(H,14,15). The van der Waals surface area contributed by atoms with Crippen LogP contribution in [-0.4, -0.2) is 27.0 Å². The molecule has 19 heavy (non-hydrogen) atoms. The van der Waals surface area contributed by atoms with Gasteiger partial charge in [0.2, 0.25) is 0 Å². The minimum absolute atomic E-state index is 0.107. The summed E-state index contributed by atoms with van der Waals surface area (Å²) in [4.78, 5) is 11.8. The van der Waals surface area contributed by atoms with E-state index in [-0.39, 0.29) is 4.90 Å². The molecule has 106 valence electrons. The highest BCUT2D eigenvalue weighted by atomic mass is 32.2. The Morgan fingerprint density at radius 3 is 2.53 bits per heavy atom. The summed E-state index contributed by atoms with van der Waals surface area (Å²) >= 11 is 0. The molecule has 1 rings (SSSR count). The van der Waals surface area contributed by atoms with Gasteiger partial charge >= 0.3 is 0 Å². The maximum absolute atomic E-state index is 12.1. The SMILES string of the molecule is CCOC(C)C(=O)NS(=O)(=O)c1ccc(C)cc1C.